The summed E-state index contributed by atoms with van der Waals surface area (Å²) in [6.07, 6.45) is -2.92. The lowest BCUT2D eigenvalue weighted by Crippen LogP contribution is -2.25. The van der Waals surface area contributed by atoms with Gasteiger partial charge in [-0.3, -0.25) is 0 Å². The standard InChI is InChI=1S/C24H15F7O2/c1-2-3-12-4-5-20-13(6-12)9-21(32-20)14-7-16(25)22(17(26)8-14)24(30,31)33-15-10-18(27)23(29)19(28)11-15/h4-11H,2-3H2,1H3. The van der Waals surface area contributed by atoms with Crippen LogP contribution in [0.4, 0.5) is 30.7 Å². The highest BCUT2D eigenvalue weighted by Gasteiger charge is 2.41. The van der Waals surface area contributed by atoms with Crippen LogP contribution in [0.5, 0.6) is 5.75 Å². The number of halogens is 7. The molecule has 3 aromatic carbocycles. The maximum atomic E-state index is 14.6. The fourth-order valence-electron chi connectivity index (χ4n) is 3.46. The van der Waals surface area contributed by atoms with Crippen LogP contribution in [0.15, 0.2) is 52.9 Å². The molecule has 33 heavy (non-hydrogen) atoms. The van der Waals surface area contributed by atoms with Gasteiger partial charge in [-0.1, -0.05) is 19.4 Å². The van der Waals surface area contributed by atoms with E-state index in [9.17, 15) is 30.7 Å². The van der Waals surface area contributed by atoms with E-state index in [0.29, 0.717) is 23.1 Å². The van der Waals surface area contributed by atoms with E-state index in [2.05, 4.69) is 4.74 Å². The molecule has 9 heteroatoms. The van der Waals surface area contributed by atoms with Crippen LogP contribution in [0.3, 0.4) is 0 Å². The number of hydrogen-bond acceptors (Lipinski definition) is 2. The molecule has 0 aliphatic rings. The normalized spacial score (nSPS) is 11.9. The average molecular weight is 468 g/mol. The maximum Gasteiger partial charge on any atom is 0.432 e. The predicted molar refractivity (Wildman–Crippen MR) is 106 cm³/mol. The second-order valence-corrected chi connectivity index (χ2v) is 7.37. The summed E-state index contributed by atoms with van der Waals surface area (Å²) in [5.74, 6) is -9.96. The summed E-state index contributed by atoms with van der Waals surface area (Å²) < 4.78 is 107. The molecular formula is C24H15F7O2. The Hall–Kier alpha value is -3.49. The first kappa shape index (κ1) is 22.7. The van der Waals surface area contributed by atoms with Gasteiger partial charge < -0.3 is 9.15 Å². The van der Waals surface area contributed by atoms with E-state index in [1.165, 1.54) is 6.07 Å². The number of furan rings is 1. The van der Waals surface area contributed by atoms with E-state index >= 15 is 0 Å². The molecule has 0 aliphatic heterocycles. The Kier molecular flexibility index (Phi) is 5.82. The summed E-state index contributed by atoms with van der Waals surface area (Å²) in [5, 5.41) is 0.676. The van der Waals surface area contributed by atoms with Crippen molar-refractivity contribution in [2.24, 2.45) is 0 Å². The van der Waals surface area contributed by atoms with Crippen LogP contribution in [-0.4, -0.2) is 0 Å². The summed E-state index contributed by atoms with van der Waals surface area (Å²) >= 11 is 0. The number of alkyl halides is 2. The molecule has 0 spiro atoms. The quantitative estimate of drug-likeness (QED) is 0.212. The predicted octanol–water partition coefficient (Wildman–Crippen LogP) is 7.88. The van der Waals surface area contributed by atoms with Gasteiger partial charge in [-0.05, 0) is 42.3 Å². The lowest BCUT2D eigenvalue weighted by atomic mass is 10.1. The van der Waals surface area contributed by atoms with Gasteiger partial charge in [-0.2, -0.15) is 8.78 Å². The van der Waals surface area contributed by atoms with E-state index in [1.54, 1.807) is 6.07 Å². The van der Waals surface area contributed by atoms with Crippen molar-refractivity contribution < 1.29 is 39.9 Å². The van der Waals surface area contributed by atoms with Crippen molar-refractivity contribution in [3.05, 3.63) is 88.7 Å². The van der Waals surface area contributed by atoms with Gasteiger partial charge >= 0.3 is 6.11 Å². The minimum absolute atomic E-state index is 0.0508. The second-order valence-electron chi connectivity index (χ2n) is 7.37. The van der Waals surface area contributed by atoms with Gasteiger partial charge in [0.15, 0.2) is 17.5 Å². The fraction of sp³-hybridized carbons (Fsp3) is 0.167. The van der Waals surface area contributed by atoms with Crippen LogP contribution in [-0.2, 0) is 12.5 Å². The zero-order chi connectivity index (χ0) is 23.9. The van der Waals surface area contributed by atoms with E-state index in [0.717, 1.165) is 18.4 Å². The first-order valence-electron chi connectivity index (χ1n) is 9.82. The fourth-order valence-corrected chi connectivity index (χ4v) is 3.46. The number of hydrogen-bond donors (Lipinski definition) is 0. The number of fused-ring (bicyclic) bond motifs is 1. The molecule has 2 nitrogen and oxygen atoms in total. The molecule has 0 unspecified atom stereocenters. The number of benzene rings is 3. The highest BCUT2D eigenvalue weighted by molar-refractivity contribution is 5.83. The third kappa shape index (κ3) is 4.40. The Morgan fingerprint density at radius 2 is 1.45 bits per heavy atom. The molecule has 0 radical (unpaired) electrons. The van der Waals surface area contributed by atoms with Crippen LogP contribution in [0.25, 0.3) is 22.3 Å². The SMILES string of the molecule is CCCc1ccc2oc(-c3cc(F)c(C(F)(F)Oc4cc(F)c(F)c(F)c4)c(F)c3)cc2c1. The van der Waals surface area contributed by atoms with E-state index < -0.39 is 46.5 Å². The minimum Gasteiger partial charge on any atom is -0.456 e. The molecule has 1 heterocycles. The van der Waals surface area contributed by atoms with Crippen LogP contribution in [0.2, 0.25) is 0 Å². The molecule has 0 aliphatic carbocycles. The molecule has 0 fully saturated rings. The van der Waals surface area contributed by atoms with Crippen molar-refractivity contribution in [2.75, 3.05) is 0 Å². The molecule has 0 amide bonds. The second kappa shape index (κ2) is 8.46. The summed E-state index contributed by atoms with van der Waals surface area (Å²) in [7, 11) is 0. The monoisotopic (exact) mass is 468 g/mol. The first-order valence-corrected chi connectivity index (χ1v) is 9.82. The molecule has 4 rings (SSSR count). The Morgan fingerprint density at radius 1 is 0.818 bits per heavy atom. The highest BCUT2D eigenvalue weighted by Crippen LogP contribution is 2.38. The van der Waals surface area contributed by atoms with Gasteiger partial charge in [0, 0.05) is 23.1 Å². The first-order chi connectivity index (χ1) is 15.6. The maximum absolute atomic E-state index is 14.6. The van der Waals surface area contributed by atoms with Crippen molar-refractivity contribution >= 4 is 11.0 Å². The molecule has 0 N–H and O–H groups in total. The summed E-state index contributed by atoms with van der Waals surface area (Å²) in [4.78, 5) is 0. The molecule has 0 saturated carbocycles. The average Bonchev–Trinajstić information content (AvgIpc) is 3.14. The van der Waals surface area contributed by atoms with Crippen LogP contribution < -0.4 is 4.74 Å². The third-order valence-electron chi connectivity index (χ3n) is 4.94. The molecule has 0 bridgehead atoms. The Balaban J connectivity index is 1.69. The van der Waals surface area contributed by atoms with Crippen molar-refractivity contribution in [1.29, 1.82) is 0 Å². The Labute approximate surface area is 183 Å². The van der Waals surface area contributed by atoms with Crippen molar-refractivity contribution in [3.63, 3.8) is 0 Å². The van der Waals surface area contributed by atoms with Gasteiger partial charge in [0.25, 0.3) is 0 Å². The molecule has 0 saturated heterocycles. The molecule has 0 atom stereocenters. The zero-order valence-corrected chi connectivity index (χ0v) is 17.0. The number of rotatable bonds is 6. The summed E-state index contributed by atoms with van der Waals surface area (Å²) in [6.45, 7) is 2.01. The Morgan fingerprint density at radius 3 is 2.06 bits per heavy atom. The molecule has 172 valence electrons. The Bertz CT molecular complexity index is 1300. The van der Waals surface area contributed by atoms with Crippen LogP contribution >= 0.6 is 0 Å². The zero-order valence-electron chi connectivity index (χ0n) is 17.0. The summed E-state index contributed by atoms with van der Waals surface area (Å²) in [5.41, 5.74) is -0.436. The highest BCUT2D eigenvalue weighted by atomic mass is 19.3. The molecule has 1 aromatic heterocycles. The van der Waals surface area contributed by atoms with Gasteiger partial charge in [0.2, 0.25) is 0 Å². The van der Waals surface area contributed by atoms with Gasteiger partial charge in [0.1, 0.15) is 34.3 Å². The van der Waals surface area contributed by atoms with Gasteiger partial charge in [-0.15, -0.1) is 0 Å². The van der Waals surface area contributed by atoms with Gasteiger partial charge in [-0.25, -0.2) is 22.0 Å². The third-order valence-corrected chi connectivity index (χ3v) is 4.94. The van der Waals surface area contributed by atoms with Crippen molar-refractivity contribution in [3.8, 4) is 17.1 Å². The molecular weight excluding hydrogens is 453 g/mol. The van der Waals surface area contributed by atoms with E-state index in [1.807, 2.05) is 19.1 Å². The lowest BCUT2D eigenvalue weighted by Gasteiger charge is -2.20. The van der Waals surface area contributed by atoms with Gasteiger partial charge in [0.05, 0.1) is 0 Å². The van der Waals surface area contributed by atoms with E-state index in [-0.39, 0.29) is 23.5 Å². The van der Waals surface area contributed by atoms with Crippen LogP contribution in [0, 0.1) is 29.1 Å². The largest absolute Gasteiger partial charge is 0.456 e. The van der Waals surface area contributed by atoms with Crippen LogP contribution in [0.1, 0.15) is 24.5 Å². The topological polar surface area (TPSA) is 22.4 Å². The van der Waals surface area contributed by atoms with Crippen molar-refractivity contribution in [2.45, 2.75) is 25.9 Å². The number of aryl methyl sites for hydroxylation is 1. The molecule has 4 aromatic rings. The summed E-state index contributed by atoms with van der Waals surface area (Å²) in [6, 6.07) is 8.47. The smallest absolute Gasteiger partial charge is 0.432 e. The van der Waals surface area contributed by atoms with E-state index in [4.69, 9.17) is 4.42 Å². The van der Waals surface area contributed by atoms with Crippen molar-refractivity contribution in [1.82, 2.24) is 0 Å². The minimum atomic E-state index is -4.66. The number of ether oxygens (including phenoxy) is 1. The lowest BCUT2D eigenvalue weighted by molar-refractivity contribution is -0.189.